The van der Waals surface area contributed by atoms with Crippen LogP contribution in [0.3, 0.4) is 0 Å². The molecule has 4 aromatic rings. The summed E-state index contributed by atoms with van der Waals surface area (Å²) in [5.74, 6) is 0.125. The molecule has 30 heavy (non-hydrogen) atoms. The van der Waals surface area contributed by atoms with E-state index >= 15 is 0 Å². The fourth-order valence-corrected chi connectivity index (χ4v) is 3.85. The van der Waals surface area contributed by atoms with Crippen LogP contribution in [-0.4, -0.2) is 17.5 Å². The van der Waals surface area contributed by atoms with Gasteiger partial charge in [-0.2, -0.15) is 0 Å². The van der Waals surface area contributed by atoms with Crippen LogP contribution in [0.2, 0.25) is 0 Å². The molecule has 1 amide bonds. The van der Waals surface area contributed by atoms with Crippen LogP contribution in [-0.2, 0) is 4.79 Å². The van der Waals surface area contributed by atoms with E-state index in [2.05, 4.69) is 43.2 Å². The van der Waals surface area contributed by atoms with E-state index in [4.69, 9.17) is 9.15 Å². The second kappa shape index (κ2) is 8.12. The maximum atomic E-state index is 12.3. The average Bonchev–Trinajstić information content (AvgIpc) is 3.17. The van der Waals surface area contributed by atoms with E-state index in [9.17, 15) is 9.59 Å². The van der Waals surface area contributed by atoms with Gasteiger partial charge in [0.25, 0.3) is 5.91 Å². The normalized spacial score (nSPS) is 10.9. The Morgan fingerprint density at radius 3 is 2.67 bits per heavy atom. The highest BCUT2D eigenvalue weighted by molar-refractivity contribution is 7.14. The number of carbonyl (C=O) groups is 1. The first-order valence-electron chi connectivity index (χ1n) is 9.39. The van der Waals surface area contributed by atoms with Gasteiger partial charge in [0.1, 0.15) is 11.3 Å². The van der Waals surface area contributed by atoms with Gasteiger partial charge in [-0.3, -0.25) is 10.1 Å². The predicted octanol–water partition coefficient (Wildman–Crippen LogP) is 4.86. The van der Waals surface area contributed by atoms with Crippen molar-refractivity contribution in [2.75, 3.05) is 11.9 Å². The molecule has 1 N–H and O–H groups in total. The van der Waals surface area contributed by atoms with Crippen molar-refractivity contribution in [2.24, 2.45) is 0 Å². The number of carbonyl (C=O) groups excluding carboxylic acids is 1. The maximum Gasteiger partial charge on any atom is 0.336 e. The first-order valence-corrected chi connectivity index (χ1v) is 10.3. The van der Waals surface area contributed by atoms with E-state index in [1.807, 2.05) is 5.38 Å². The van der Waals surface area contributed by atoms with Crippen LogP contribution < -0.4 is 15.7 Å². The standard InChI is InChI=1S/C23H20N2O4S/c1-13-8-15(3)18(9-14(13)2)19-12-30-23(24-19)25-21(26)11-28-17-6-4-16-5-7-22(27)29-20(16)10-17/h4-10,12H,11H2,1-3H3,(H,24,25,26). The molecule has 2 aromatic carbocycles. The molecule has 0 saturated carbocycles. The molecule has 152 valence electrons. The minimum absolute atomic E-state index is 0.180. The Balaban J connectivity index is 1.41. The third-order valence-electron chi connectivity index (χ3n) is 4.83. The third kappa shape index (κ3) is 4.26. The van der Waals surface area contributed by atoms with Gasteiger partial charge in [-0.25, -0.2) is 9.78 Å². The molecule has 4 rings (SSSR count). The van der Waals surface area contributed by atoms with Gasteiger partial charge in [-0.05, 0) is 61.7 Å². The Hall–Kier alpha value is -3.45. The zero-order valence-corrected chi connectivity index (χ0v) is 17.6. The molecular weight excluding hydrogens is 400 g/mol. The lowest BCUT2D eigenvalue weighted by molar-refractivity contribution is -0.118. The quantitative estimate of drug-likeness (QED) is 0.466. The number of aromatic nitrogens is 1. The Bertz CT molecular complexity index is 1310. The van der Waals surface area contributed by atoms with Crippen molar-refractivity contribution in [3.05, 3.63) is 75.0 Å². The molecule has 7 heteroatoms. The van der Waals surface area contributed by atoms with Crippen LogP contribution in [0, 0.1) is 20.8 Å². The van der Waals surface area contributed by atoms with Gasteiger partial charge in [0.15, 0.2) is 11.7 Å². The number of anilines is 1. The summed E-state index contributed by atoms with van der Waals surface area (Å²) in [6.45, 7) is 6.03. The van der Waals surface area contributed by atoms with Crippen molar-refractivity contribution in [1.29, 1.82) is 0 Å². The highest BCUT2D eigenvalue weighted by Crippen LogP contribution is 2.29. The number of nitrogens with zero attached hydrogens (tertiary/aromatic N) is 1. The van der Waals surface area contributed by atoms with E-state index in [1.54, 1.807) is 24.3 Å². The number of ether oxygens (including phenoxy) is 1. The second-order valence-electron chi connectivity index (χ2n) is 7.08. The molecule has 0 bridgehead atoms. The zero-order chi connectivity index (χ0) is 21.3. The van der Waals surface area contributed by atoms with E-state index in [1.165, 1.54) is 28.5 Å². The third-order valence-corrected chi connectivity index (χ3v) is 5.59. The molecule has 0 spiro atoms. The molecular formula is C23H20N2O4S. The molecule has 0 fully saturated rings. The highest BCUT2D eigenvalue weighted by atomic mass is 32.1. The lowest BCUT2D eigenvalue weighted by Crippen LogP contribution is -2.20. The molecule has 6 nitrogen and oxygen atoms in total. The number of hydrogen-bond donors (Lipinski definition) is 1. The van der Waals surface area contributed by atoms with Gasteiger partial charge in [0.2, 0.25) is 0 Å². The van der Waals surface area contributed by atoms with Gasteiger partial charge in [-0.15, -0.1) is 11.3 Å². The van der Waals surface area contributed by atoms with Crippen molar-refractivity contribution >= 4 is 33.3 Å². The largest absolute Gasteiger partial charge is 0.484 e. The Kier molecular flexibility index (Phi) is 5.37. The molecule has 2 heterocycles. The summed E-state index contributed by atoms with van der Waals surface area (Å²) in [6, 6.07) is 12.4. The smallest absolute Gasteiger partial charge is 0.336 e. The monoisotopic (exact) mass is 420 g/mol. The summed E-state index contributed by atoms with van der Waals surface area (Å²) in [7, 11) is 0. The van der Waals surface area contributed by atoms with E-state index in [0.717, 1.165) is 22.2 Å². The van der Waals surface area contributed by atoms with E-state index < -0.39 is 5.63 Å². The minimum Gasteiger partial charge on any atom is -0.484 e. The van der Waals surface area contributed by atoms with Gasteiger partial charge in [0.05, 0.1) is 5.69 Å². The molecule has 0 aliphatic rings. The van der Waals surface area contributed by atoms with Crippen LogP contribution >= 0.6 is 11.3 Å². The first kappa shape index (κ1) is 19.8. The summed E-state index contributed by atoms with van der Waals surface area (Å²) in [4.78, 5) is 28.2. The number of hydrogen-bond acceptors (Lipinski definition) is 6. The Morgan fingerprint density at radius 1 is 1.07 bits per heavy atom. The second-order valence-corrected chi connectivity index (χ2v) is 7.94. The summed E-state index contributed by atoms with van der Waals surface area (Å²) >= 11 is 1.37. The SMILES string of the molecule is Cc1cc(C)c(-c2csc(NC(=O)COc3ccc4ccc(=O)oc4c3)n2)cc1C. The molecule has 2 aromatic heterocycles. The molecule has 0 unspecified atom stereocenters. The van der Waals surface area contributed by atoms with Gasteiger partial charge >= 0.3 is 5.63 Å². The van der Waals surface area contributed by atoms with Crippen molar-refractivity contribution in [2.45, 2.75) is 20.8 Å². The molecule has 0 aliphatic carbocycles. The molecule has 0 radical (unpaired) electrons. The van der Waals surface area contributed by atoms with Crippen LogP contribution in [0.4, 0.5) is 5.13 Å². The van der Waals surface area contributed by atoms with Crippen molar-refractivity contribution in [3.63, 3.8) is 0 Å². The summed E-state index contributed by atoms with van der Waals surface area (Å²) in [5, 5.41) is 5.99. The summed E-state index contributed by atoms with van der Waals surface area (Å²) in [5.41, 5.74) is 5.46. The summed E-state index contributed by atoms with van der Waals surface area (Å²) < 4.78 is 10.7. The fraction of sp³-hybridized carbons (Fsp3) is 0.174. The highest BCUT2D eigenvalue weighted by Gasteiger charge is 2.12. The topological polar surface area (TPSA) is 81.4 Å². The van der Waals surface area contributed by atoms with Gasteiger partial charge in [0, 0.05) is 28.5 Å². The fourth-order valence-electron chi connectivity index (χ4n) is 3.13. The first-order chi connectivity index (χ1) is 14.4. The number of aryl methyl sites for hydroxylation is 3. The average molecular weight is 420 g/mol. The van der Waals surface area contributed by atoms with Crippen LogP contribution in [0.25, 0.3) is 22.2 Å². The molecule has 0 saturated heterocycles. The lowest BCUT2D eigenvalue weighted by Gasteiger charge is -2.08. The van der Waals surface area contributed by atoms with E-state index in [0.29, 0.717) is 16.5 Å². The lowest BCUT2D eigenvalue weighted by atomic mass is 9.99. The number of thiazole rings is 1. The van der Waals surface area contributed by atoms with Crippen LogP contribution in [0.1, 0.15) is 16.7 Å². The van der Waals surface area contributed by atoms with E-state index in [-0.39, 0.29) is 12.5 Å². The predicted molar refractivity (Wildman–Crippen MR) is 118 cm³/mol. The number of benzene rings is 2. The minimum atomic E-state index is -0.434. The van der Waals surface area contributed by atoms with Crippen LogP contribution in [0.15, 0.2) is 57.1 Å². The van der Waals surface area contributed by atoms with Crippen molar-refractivity contribution in [3.8, 4) is 17.0 Å². The molecule has 0 aliphatic heterocycles. The number of fused-ring (bicyclic) bond motifs is 1. The summed E-state index contributed by atoms with van der Waals surface area (Å²) in [6.07, 6.45) is 0. The van der Waals surface area contributed by atoms with Gasteiger partial charge < -0.3 is 9.15 Å². The van der Waals surface area contributed by atoms with Crippen LogP contribution in [0.5, 0.6) is 5.75 Å². The van der Waals surface area contributed by atoms with Crippen molar-refractivity contribution in [1.82, 2.24) is 4.98 Å². The number of nitrogens with one attached hydrogen (secondary N) is 1. The zero-order valence-electron chi connectivity index (χ0n) is 16.8. The van der Waals surface area contributed by atoms with Crippen molar-refractivity contribution < 1.29 is 13.9 Å². The Labute approximate surface area is 177 Å². The number of rotatable bonds is 5. The Morgan fingerprint density at radius 2 is 1.83 bits per heavy atom. The maximum absolute atomic E-state index is 12.3. The molecule has 0 atom stereocenters. The number of amides is 1. The van der Waals surface area contributed by atoms with Gasteiger partial charge in [-0.1, -0.05) is 6.07 Å².